The van der Waals surface area contributed by atoms with Crippen molar-refractivity contribution in [1.29, 1.82) is 0 Å². The van der Waals surface area contributed by atoms with Gasteiger partial charge in [0, 0.05) is 38.3 Å². The van der Waals surface area contributed by atoms with Crippen molar-refractivity contribution in [3.05, 3.63) is 64.2 Å². The van der Waals surface area contributed by atoms with Crippen LogP contribution in [0.4, 0.5) is 0 Å². The van der Waals surface area contributed by atoms with Crippen molar-refractivity contribution >= 4 is 41.4 Å². The summed E-state index contributed by atoms with van der Waals surface area (Å²) in [6.45, 7) is 3.88. The summed E-state index contributed by atoms with van der Waals surface area (Å²) in [5, 5.41) is 22.2. The molecule has 0 spiro atoms. The Morgan fingerprint density at radius 3 is 2.00 bits per heavy atom. The Bertz CT molecular complexity index is 1500. The first-order chi connectivity index (χ1) is 22.1. The Labute approximate surface area is 276 Å². The van der Waals surface area contributed by atoms with E-state index in [0.29, 0.717) is 29.2 Å². The maximum Gasteiger partial charge on any atom is 0.348 e. The molecule has 2 aromatic rings. The van der Waals surface area contributed by atoms with Gasteiger partial charge >= 0.3 is 29.8 Å². The number of aliphatic hydroxyl groups is 1. The number of carbonyl (C=O) groups is 5. The molecule has 0 unspecified atom stereocenters. The maximum atomic E-state index is 12.3. The van der Waals surface area contributed by atoms with E-state index in [1.807, 2.05) is 0 Å². The van der Waals surface area contributed by atoms with Crippen LogP contribution in [0.5, 0.6) is 5.75 Å². The average molecular weight is 677 g/mol. The second-order valence-electron chi connectivity index (χ2n) is 11.6. The minimum absolute atomic E-state index is 0.0407. The molecule has 0 aromatic heterocycles. The fraction of sp³-hybridized carbons (Fsp3) is 0.485. The fourth-order valence-electron chi connectivity index (χ4n) is 5.87. The van der Waals surface area contributed by atoms with Crippen molar-refractivity contribution in [2.75, 3.05) is 6.61 Å². The molecular weight excluding hydrogens is 640 g/mol. The Balaban J connectivity index is 1.69. The van der Waals surface area contributed by atoms with Crippen molar-refractivity contribution in [2.24, 2.45) is 0 Å². The molecule has 0 amide bonds. The number of hydrogen-bond acceptors (Lipinski definition) is 12. The van der Waals surface area contributed by atoms with Crippen LogP contribution >= 0.6 is 11.6 Å². The largest absolute Gasteiger partial charge is 0.478 e. The van der Waals surface area contributed by atoms with E-state index in [1.165, 1.54) is 18.2 Å². The number of carboxylic acids is 1. The lowest BCUT2D eigenvalue weighted by Crippen LogP contribution is -2.66. The predicted octanol–water partition coefficient (Wildman–Crippen LogP) is 3.61. The third-order valence-corrected chi connectivity index (χ3v) is 8.31. The molecule has 5 atom stereocenters. The number of rotatable bonds is 11. The first-order valence-electron chi connectivity index (χ1n) is 15.0. The van der Waals surface area contributed by atoms with E-state index in [1.54, 1.807) is 24.3 Å². The highest BCUT2D eigenvalue weighted by atomic mass is 35.5. The molecule has 13 nitrogen and oxygen atoms in total. The molecule has 2 N–H and O–H groups in total. The lowest BCUT2D eigenvalue weighted by molar-refractivity contribution is -0.360. The van der Waals surface area contributed by atoms with Gasteiger partial charge in [0.15, 0.2) is 12.2 Å². The van der Waals surface area contributed by atoms with Crippen LogP contribution in [0, 0.1) is 0 Å². The predicted molar refractivity (Wildman–Crippen MR) is 162 cm³/mol. The van der Waals surface area contributed by atoms with Crippen LogP contribution in [0.1, 0.15) is 70.1 Å². The van der Waals surface area contributed by atoms with Gasteiger partial charge in [-0.25, -0.2) is 4.79 Å². The smallest absolute Gasteiger partial charge is 0.348 e. The van der Waals surface area contributed by atoms with Crippen LogP contribution in [0.25, 0.3) is 0 Å². The number of ether oxygens (including phenoxy) is 6. The summed E-state index contributed by atoms with van der Waals surface area (Å²) in [6, 6.07) is 11.3. The van der Waals surface area contributed by atoms with E-state index in [-0.39, 0.29) is 12.0 Å². The molecule has 47 heavy (non-hydrogen) atoms. The lowest BCUT2D eigenvalue weighted by Gasteiger charge is -2.48. The molecule has 1 heterocycles. The van der Waals surface area contributed by atoms with E-state index in [0.717, 1.165) is 46.1 Å². The number of halogens is 1. The molecule has 2 fully saturated rings. The number of carboxylic acid groups (broad SMARTS) is 1. The average Bonchev–Trinajstić information content (AvgIpc) is 3.47. The summed E-state index contributed by atoms with van der Waals surface area (Å²) in [7, 11) is 0. The van der Waals surface area contributed by atoms with Gasteiger partial charge in [0.25, 0.3) is 0 Å². The van der Waals surface area contributed by atoms with Crippen molar-refractivity contribution in [3.63, 3.8) is 0 Å². The van der Waals surface area contributed by atoms with Crippen molar-refractivity contribution < 1.29 is 62.6 Å². The van der Waals surface area contributed by atoms with Gasteiger partial charge in [-0.05, 0) is 67.5 Å². The highest BCUT2D eigenvalue weighted by Crippen LogP contribution is 2.42. The summed E-state index contributed by atoms with van der Waals surface area (Å²) in [4.78, 5) is 60.1. The Kier molecular flexibility index (Phi) is 11.2. The molecule has 2 aromatic carbocycles. The molecule has 1 aliphatic carbocycles. The van der Waals surface area contributed by atoms with Gasteiger partial charge in [0.05, 0.1) is 0 Å². The highest BCUT2D eigenvalue weighted by Gasteiger charge is 2.60. The second-order valence-corrected chi connectivity index (χ2v) is 12.0. The Morgan fingerprint density at radius 1 is 0.851 bits per heavy atom. The van der Waals surface area contributed by atoms with Crippen LogP contribution in [-0.4, -0.2) is 76.7 Å². The van der Waals surface area contributed by atoms with Gasteiger partial charge in [-0.3, -0.25) is 19.2 Å². The van der Waals surface area contributed by atoms with Crippen LogP contribution in [0.3, 0.4) is 0 Å². The summed E-state index contributed by atoms with van der Waals surface area (Å²) >= 11 is 6.56. The van der Waals surface area contributed by atoms with Crippen molar-refractivity contribution in [1.82, 2.24) is 0 Å². The number of carbonyl (C=O) groups excluding carboxylic acids is 4. The normalized spacial score (nSPS) is 24.9. The zero-order chi connectivity index (χ0) is 34.5. The quantitative estimate of drug-likeness (QED) is 0.260. The second kappa shape index (κ2) is 14.7. The van der Waals surface area contributed by atoms with Gasteiger partial charge in [0.1, 0.15) is 18.5 Å². The number of hydrogen-bond donors (Lipinski definition) is 2. The first kappa shape index (κ1) is 35.7. The van der Waals surface area contributed by atoms with E-state index < -0.39 is 72.3 Å². The third kappa shape index (κ3) is 8.40. The molecule has 0 bridgehead atoms. The molecule has 2 aliphatic rings. The van der Waals surface area contributed by atoms with Crippen LogP contribution < -0.4 is 4.74 Å². The number of aliphatic carboxylic acids is 1. The summed E-state index contributed by atoms with van der Waals surface area (Å²) in [6.07, 6.45) is -3.52. The zero-order valence-corrected chi connectivity index (χ0v) is 27.1. The number of benzene rings is 2. The van der Waals surface area contributed by atoms with Gasteiger partial charge in [-0.2, -0.15) is 0 Å². The molecule has 1 saturated carbocycles. The standard InChI is InChI=1S/C33H37ClO13/c1-18(35)42-17-27-28(43-19(2)36)29(44-20(3)37)30(45-21(4)38)33(41,47-27)24-9-12-26(34)23(16-24)15-22-7-10-25(11-8-22)46-32(31(39)40)13-5-6-14-32/h7-12,16,27-30,41H,5-6,13-15,17H2,1-4H3,(H,39,40)/t27-,28-,29+,30-,33+/m1/s1. The molecule has 0 radical (unpaired) electrons. The van der Waals surface area contributed by atoms with Crippen molar-refractivity contribution in [3.8, 4) is 5.75 Å². The minimum atomic E-state index is -2.52. The van der Waals surface area contributed by atoms with Gasteiger partial charge in [0.2, 0.25) is 17.5 Å². The van der Waals surface area contributed by atoms with Crippen molar-refractivity contribution in [2.45, 2.75) is 95.6 Å². The van der Waals surface area contributed by atoms with Gasteiger partial charge in [-0.15, -0.1) is 0 Å². The molecule has 4 rings (SSSR count). The minimum Gasteiger partial charge on any atom is -0.478 e. The molecule has 254 valence electrons. The third-order valence-electron chi connectivity index (χ3n) is 7.94. The molecule has 1 saturated heterocycles. The lowest BCUT2D eigenvalue weighted by atomic mass is 9.86. The molecular formula is C33H37ClO13. The fourth-order valence-corrected chi connectivity index (χ4v) is 6.06. The molecule has 1 aliphatic heterocycles. The summed E-state index contributed by atoms with van der Waals surface area (Å²) < 4.78 is 33.3. The molecule has 14 heteroatoms. The highest BCUT2D eigenvalue weighted by molar-refractivity contribution is 6.31. The topological polar surface area (TPSA) is 181 Å². The van der Waals surface area contributed by atoms with E-state index in [2.05, 4.69) is 0 Å². The Hall–Kier alpha value is -4.20. The van der Waals surface area contributed by atoms with Crippen LogP contribution in [0.2, 0.25) is 5.02 Å². The van der Waals surface area contributed by atoms with Crippen LogP contribution in [0.15, 0.2) is 42.5 Å². The van der Waals surface area contributed by atoms with Gasteiger partial charge < -0.3 is 38.6 Å². The summed E-state index contributed by atoms with van der Waals surface area (Å²) in [5.41, 5.74) is 0.0652. The maximum absolute atomic E-state index is 12.3. The van der Waals surface area contributed by atoms with E-state index in [4.69, 9.17) is 40.0 Å². The first-order valence-corrected chi connectivity index (χ1v) is 15.4. The Morgan fingerprint density at radius 2 is 1.45 bits per heavy atom. The summed E-state index contributed by atoms with van der Waals surface area (Å²) in [5.74, 6) is -6.32. The van der Waals surface area contributed by atoms with E-state index >= 15 is 0 Å². The van der Waals surface area contributed by atoms with Crippen LogP contribution in [-0.2, 0) is 59.9 Å². The van der Waals surface area contributed by atoms with Gasteiger partial charge in [-0.1, -0.05) is 29.8 Å². The monoisotopic (exact) mass is 676 g/mol. The van der Waals surface area contributed by atoms with E-state index in [9.17, 15) is 34.2 Å². The zero-order valence-electron chi connectivity index (χ0n) is 26.4. The SMILES string of the molecule is CC(=O)OC[C@H]1O[C@@](O)(c2ccc(Cl)c(Cc3ccc(OC4(C(=O)O)CCCC4)cc3)c2)[C@H](OC(C)=O)[C@@H](OC(C)=O)[C@@H]1OC(C)=O. The number of esters is 4.